The number of halogens is 4. The molecule has 0 N–H and O–H groups in total. The van der Waals surface area contributed by atoms with Crippen LogP contribution >= 0.6 is 0 Å². The number of anilines is 2. The van der Waals surface area contributed by atoms with Gasteiger partial charge in [-0.15, -0.1) is 0 Å². The molecule has 0 bridgehead atoms. The predicted molar refractivity (Wildman–Crippen MR) is 116 cm³/mol. The number of benzene rings is 2. The van der Waals surface area contributed by atoms with Gasteiger partial charge in [0, 0.05) is 37.6 Å². The number of alkyl halides is 3. The number of piperazine rings is 1. The average Bonchev–Trinajstić information content (AvgIpc) is 3.02. The van der Waals surface area contributed by atoms with Gasteiger partial charge in [-0.3, -0.25) is 19.4 Å². The molecule has 1 atom stereocenters. The zero-order valence-corrected chi connectivity index (χ0v) is 18.3. The van der Waals surface area contributed by atoms with Crippen LogP contribution in [0.3, 0.4) is 0 Å². The third-order valence-electron chi connectivity index (χ3n) is 6.02. The number of urea groups is 1. The van der Waals surface area contributed by atoms with Gasteiger partial charge >= 0.3 is 12.2 Å². The molecular formula is C23H22F4N4O3. The van der Waals surface area contributed by atoms with E-state index >= 15 is 0 Å². The molecule has 180 valence electrons. The van der Waals surface area contributed by atoms with Crippen molar-refractivity contribution in [2.45, 2.75) is 19.1 Å². The number of rotatable bonds is 4. The van der Waals surface area contributed by atoms with E-state index in [0.29, 0.717) is 24.5 Å². The number of hydrogen-bond acceptors (Lipinski definition) is 4. The fraction of sp³-hybridized carbons (Fsp3) is 0.348. The lowest BCUT2D eigenvalue weighted by atomic mass is 10.1. The lowest BCUT2D eigenvalue weighted by molar-refractivity contribution is -0.137. The first kappa shape index (κ1) is 23.5. The molecule has 0 saturated carbocycles. The summed E-state index contributed by atoms with van der Waals surface area (Å²) in [4.78, 5) is 43.6. The van der Waals surface area contributed by atoms with Gasteiger partial charge in [-0.25, -0.2) is 9.18 Å². The van der Waals surface area contributed by atoms with E-state index in [9.17, 15) is 31.9 Å². The van der Waals surface area contributed by atoms with Crippen molar-refractivity contribution in [3.63, 3.8) is 0 Å². The van der Waals surface area contributed by atoms with Crippen LogP contribution in [0.15, 0.2) is 48.5 Å². The molecule has 1 unspecified atom stereocenters. The van der Waals surface area contributed by atoms with Crippen molar-refractivity contribution in [1.82, 2.24) is 9.80 Å². The second kappa shape index (κ2) is 8.96. The van der Waals surface area contributed by atoms with Crippen molar-refractivity contribution in [3.8, 4) is 0 Å². The van der Waals surface area contributed by atoms with Crippen LogP contribution in [0.25, 0.3) is 0 Å². The summed E-state index contributed by atoms with van der Waals surface area (Å²) in [6.45, 7) is 2.19. The number of nitrogens with zero attached hydrogens (tertiary/aromatic N) is 4. The monoisotopic (exact) mass is 478 g/mol. The molecule has 0 aromatic heterocycles. The Hall–Kier alpha value is -3.63. The maximum absolute atomic E-state index is 13.2. The van der Waals surface area contributed by atoms with Crippen LogP contribution in [0.1, 0.15) is 12.5 Å². The molecule has 34 heavy (non-hydrogen) atoms. The molecule has 2 aromatic rings. The van der Waals surface area contributed by atoms with E-state index in [1.165, 1.54) is 47.1 Å². The Morgan fingerprint density at radius 2 is 1.62 bits per heavy atom. The Balaban J connectivity index is 1.38. The summed E-state index contributed by atoms with van der Waals surface area (Å²) in [6, 6.07) is 8.62. The number of carbonyl (C=O) groups excluding carboxylic acids is 3. The van der Waals surface area contributed by atoms with Crippen molar-refractivity contribution in [3.05, 3.63) is 59.9 Å². The highest BCUT2D eigenvalue weighted by atomic mass is 19.4. The van der Waals surface area contributed by atoms with E-state index in [-0.39, 0.29) is 13.1 Å². The highest BCUT2D eigenvalue weighted by Gasteiger charge is 2.44. The predicted octanol–water partition coefficient (Wildman–Crippen LogP) is 3.35. The normalized spacial score (nSPS) is 19.3. The second-order valence-corrected chi connectivity index (χ2v) is 8.15. The number of amides is 4. The molecule has 7 nitrogen and oxygen atoms in total. The van der Waals surface area contributed by atoms with Gasteiger partial charge in [0.25, 0.3) is 5.91 Å². The summed E-state index contributed by atoms with van der Waals surface area (Å²) >= 11 is 0. The van der Waals surface area contributed by atoms with Gasteiger partial charge in [-0.2, -0.15) is 13.2 Å². The number of hydrogen-bond donors (Lipinski definition) is 0. The van der Waals surface area contributed by atoms with Gasteiger partial charge in [0.1, 0.15) is 18.4 Å². The highest BCUT2D eigenvalue weighted by molar-refractivity contribution is 6.15. The van der Waals surface area contributed by atoms with Crippen LogP contribution in [0, 0.1) is 5.82 Å². The maximum Gasteiger partial charge on any atom is 0.416 e. The summed E-state index contributed by atoms with van der Waals surface area (Å²) in [5.74, 6) is -1.45. The third-order valence-corrected chi connectivity index (χ3v) is 6.02. The minimum atomic E-state index is -4.44. The lowest BCUT2D eigenvalue weighted by Crippen LogP contribution is -2.52. The quantitative estimate of drug-likeness (QED) is 0.500. The fourth-order valence-corrected chi connectivity index (χ4v) is 4.14. The van der Waals surface area contributed by atoms with Gasteiger partial charge in [0.05, 0.1) is 5.56 Å². The third kappa shape index (κ3) is 4.55. The maximum atomic E-state index is 13.2. The summed E-state index contributed by atoms with van der Waals surface area (Å²) < 4.78 is 52.2. The Morgan fingerprint density at radius 3 is 2.24 bits per heavy atom. The zero-order chi connectivity index (χ0) is 24.6. The van der Waals surface area contributed by atoms with Crippen LogP contribution < -0.4 is 9.80 Å². The minimum absolute atomic E-state index is 0.239. The van der Waals surface area contributed by atoms with E-state index in [0.717, 1.165) is 17.0 Å². The number of imide groups is 1. The molecule has 2 aliphatic heterocycles. The molecule has 2 aliphatic rings. The van der Waals surface area contributed by atoms with Crippen LogP contribution in [0.5, 0.6) is 0 Å². The van der Waals surface area contributed by atoms with E-state index in [2.05, 4.69) is 0 Å². The van der Waals surface area contributed by atoms with E-state index in [1.54, 1.807) is 11.0 Å². The summed E-state index contributed by atoms with van der Waals surface area (Å²) in [7, 11) is 0. The molecule has 0 aliphatic carbocycles. The Morgan fingerprint density at radius 1 is 0.971 bits per heavy atom. The highest BCUT2D eigenvalue weighted by Crippen LogP contribution is 2.32. The topological polar surface area (TPSA) is 64.2 Å². The van der Waals surface area contributed by atoms with Crippen molar-refractivity contribution in [1.29, 1.82) is 0 Å². The van der Waals surface area contributed by atoms with Crippen LogP contribution in [0.4, 0.5) is 33.7 Å². The summed E-state index contributed by atoms with van der Waals surface area (Å²) in [5, 5.41) is 0. The first-order valence-electron chi connectivity index (χ1n) is 10.7. The van der Waals surface area contributed by atoms with E-state index in [4.69, 9.17) is 0 Å². The number of carbonyl (C=O) groups is 3. The lowest BCUT2D eigenvalue weighted by Gasteiger charge is -2.36. The van der Waals surface area contributed by atoms with E-state index < -0.39 is 48.0 Å². The van der Waals surface area contributed by atoms with Crippen LogP contribution in [-0.4, -0.2) is 66.4 Å². The molecule has 0 spiro atoms. The Kier molecular flexibility index (Phi) is 6.20. The van der Waals surface area contributed by atoms with Gasteiger partial charge in [-0.05, 0) is 49.4 Å². The molecule has 2 saturated heterocycles. The smallest absolute Gasteiger partial charge is 0.368 e. The van der Waals surface area contributed by atoms with Gasteiger partial charge in [-0.1, -0.05) is 6.07 Å². The Bertz CT molecular complexity index is 1100. The molecule has 0 radical (unpaired) electrons. The van der Waals surface area contributed by atoms with Crippen LogP contribution in [0.2, 0.25) is 0 Å². The first-order valence-corrected chi connectivity index (χ1v) is 10.7. The van der Waals surface area contributed by atoms with Crippen LogP contribution in [-0.2, 0) is 15.8 Å². The van der Waals surface area contributed by atoms with Crippen molar-refractivity contribution in [2.75, 3.05) is 42.5 Å². The van der Waals surface area contributed by atoms with Gasteiger partial charge in [0.15, 0.2) is 0 Å². The average molecular weight is 478 g/mol. The van der Waals surface area contributed by atoms with Crippen molar-refractivity contribution >= 4 is 29.2 Å². The molecule has 4 amide bonds. The standard InChI is InChI=1S/C23H22F4N4O3/c1-15-21(33)30(22(34)31(15)18-7-5-17(24)6-8-18)14-20(32)29-11-9-28(10-12-29)19-4-2-3-16(13-19)23(25,26)27/h2-8,13,15H,9-12,14H2,1H3. The molecule has 4 rings (SSSR count). The summed E-state index contributed by atoms with van der Waals surface area (Å²) in [5.41, 5.74) is 0.0156. The second-order valence-electron chi connectivity index (χ2n) is 8.15. The largest absolute Gasteiger partial charge is 0.416 e. The van der Waals surface area contributed by atoms with Gasteiger partial charge < -0.3 is 9.80 Å². The zero-order valence-electron chi connectivity index (χ0n) is 18.3. The summed E-state index contributed by atoms with van der Waals surface area (Å²) in [6.07, 6.45) is -4.44. The molecular weight excluding hydrogens is 456 g/mol. The fourth-order valence-electron chi connectivity index (χ4n) is 4.14. The van der Waals surface area contributed by atoms with Crippen molar-refractivity contribution < 1.29 is 31.9 Å². The molecule has 2 aromatic carbocycles. The Labute approximate surface area is 193 Å². The van der Waals surface area contributed by atoms with Gasteiger partial charge in [0.2, 0.25) is 5.91 Å². The molecule has 11 heteroatoms. The first-order chi connectivity index (χ1) is 16.1. The minimum Gasteiger partial charge on any atom is -0.368 e. The van der Waals surface area contributed by atoms with E-state index in [1.807, 2.05) is 0 Å². The SMILES string of the molecule is CC1C(=O)N(CC(=O)N2CCN(c3cccc(C(F)(F)F)c3)CC2)C(=O)N1c1ccc(F)cc1. The van der Waals surface area contributed by atoms with Crippen molar-refractivity contribution in [2.24, 2.45) is 0 Å². The molecule has 2 fully saturated rings. The molecule has 2 heterocycles.